The number of unbranched alkanes of at least 4 members (excludes halogenated alkanes) is 3. The third kappa shape index (κ3) is 6.10. The summed E-state index contributed by atoms with van der Waals surface area (Å²) in [5, 5.41) is 12.5. The summed E-state index contributed by atoms with van der Waals surface area (Å²) in [6, 6.07) is 0. The Bertz CT molecular complexity index is 363. The van der Waals surface area contributed by atoms with Crippen molar-refractivity contribution < 1.29 is 4.79 Å². The minimum atomic E-state index is 0.0540. The number of rotatable bonds is 8. The van der Waals surface area contributed by atoms with Crippen molar-refractivity contribution in [2.45, 2.75) is 59.3 Å². The molecule has 0 saturated heterocycles. The zero-order valence-electron chi connectivity index (χ0n) is 11.5. The monoisotopic (exact) mass is 269 g/mol. The first kappa shape index (κ1) is 15.1. The van der Waals surface area contributed by atoms with Crippen molar-refractivity contribution in [3.8, 4) is 0 Å². The van der Waals surface area contributed by atoms with Gasteiger partial charge in [0.25, 0.3) is 0 Å². The molecule has 0 aliphatic carbocycles. The van der Waals surface area contributed by atoms with E-state index in [0.29, 0.717) is 17.5 Å². The van der Waals surface area contributed by atoms with E-state index in [9.17, 15) is 4.79 Å². The maximum absolute atomic E-state index is 11.6. The number of aromatic nitrogens is 2. The summed E-state index contributed by atoms with van der Waals surface area (Å²) in [4.78, 5) is 11.6. The molecule has 0 aliphatic rings. The van der Waals surface area contributed by atoms with Gasteiger partial charge in [-0.1, -0.05) is 51.4 Å². The lowest BCUT2D eigenvalue weighted by Crippen LogP contribution is -2.10. The first-order valence-corrected chi connectivity index (χ1v) is 7.55. The van der Waals surface area contributed by atoms with Crippen LogP contribution in [-0.2, 0) is 11.2 Å². The van der Waals surface area contributed by atoms with Gasteiger partial charge in [-0.3, -0.25) is 4.79 Å². The van der Waals surface area contributed by atoms with Gasteiger partial charge in [0, 0.05) is 12.8 Å². The first-order chi connectivity index (χ1) is 8.61. The average molecular weight is 269 g/mol. The number of anilines is 1. The zero-order valence-corrected chi connectivity index (χ0v) is 12.3. The van der Waals surface area contributed by atoms with E-state index >= 15 is 0 Å². The highest BCUT2D eigenvalue weighted by molar-refractivity contribution is 7.15. The third-order valence-corrected chi connectivity index (χ3v) is 3.41. The van der Waals surface area contributed by atoms with Crippen molar-refractivity contribution in [1.29, 1.82) is 0 Å². The number of carbonyl (C=O) groups is 1. The minimum Gasteiger partial charge on any atom is -0.301 e. The van der Waals surface area contributed by atoms with E-state index in [1.165, 1.54) is 24.2 Å². The van der Waals surface area contributed by atoms with Crippen LogP contribution in [-0.4, -0.2) is 16.1 Å². The van der Waals surface area contributed by atoms with Gasteiger partial charge in [0.15, 0.2) is 0 Å². The molecule has 0 fully saturated rings. The Labute approximate surface area is 113 Å². The van der Waals surface area contributed by atoms with E-state index in [0.717, 1.165) is 24.3 Å². The summed E-state index contributed by atoms with van der Waals surface area (Å²) in [7, 11) is 0. The second-order valence-electron chi connectivity index (χ2n) is 4.96. The van der Waals surface area contributed by atoms with Gasteiger partial charge in [0.2, 0.25) is 11.0 Å². The van der Waals surface area contributed by atoms with Crippen LogP contribution in [0.4, 0.5) is 5.13 Å². The minimum absolute atomic E-state index is 0.0540. The summed E-state index contributed by atoms with van der Waals surface area (Å²) in [5.41, 5.74) is 0. The van der Waals surface area contributed by atoms with Gasteiger partial charge in [0.1, 0.15) is 5.01 Å². The molecule has 18 heavy (non-hydrogen) atoms. The maximum Gasteiger partial charge on any atom is 0.226 e. The third-order valence-electron chi connectivity index (χ3n) is 2.55. The molecule has 102 valence electrons. The van der Waals surface area contributed by atoms with E-state index in [1.807, 2.05) is 0 Å². The molecule has 0 saturated carbocycles. The number of amides is 1. The van der Waals surface area contributed by atoms with Crippen molar-refractivity contribution in [3.63, 3.8) is 0 Å². The van der Waals surface area contributed by atoms with Crippen LogP contribution in [0, 0.1) is 5.92 Å². The Morgan fingerprint density at radius 2 is 2.06 bits per heavy atom. The van der Waals surface area contributed by atoms with Crippen LogP contribution < -0.4 is 5.32 Å². The van der Waals surface area contributed by atoms with Gasteiger partial charge in [0.05, 0.1) is 0 Å². The number of hydrogen-bond donors (Lipinski definition) is 1. The molecule has 0 atom stereocenters. The molecule has 1 heterocycles. The van der Waals surface area contributed by atoms with Gasteiger partial charge in [-0.25, -0.2) is 0 Å². The molecule has 0 unspecified atom stereocenters. The predicted octanol–water partition coefficient (Wildman–Crippen LogP) is 3.65. The van der Waals surface area contributed by atoms with Crippen LogP contribution in [0.25, 0.3) is 0 Å². The molecule has 4 nitrogen and oxygen atoms in total. The molecular weight excluding hydrogens is 246 g/mol. The van der Waals surface area contributed by atoms with Crippen LogP contribution in [0.5, 0.6) is 0 Å². The number of carbonyl (C=O) groups excluding carboxylic acids is 1. The second-order valence-corrected chi connectivity index (χ2v) is 6.02. The Morgan fingerprint density at radius 3 is 2.72 bits per heavy atom. The van der Waals surface area contributed by atoms with Crippen LogP contribution >= 0.6 is 11.3 Å². The smallest absolute Gasteiger partial charge is 0.226 e. The van der Waals surface area contributed by atoms with Gasteiger partial charge in [-0.2, -0.15) is 0 Å². The van der Waals surface area contributed by atoms with E-state index in [-0.39, 0.29) is 5.91 Å². The van der Waals surface area contributed by atoms with Crippen molar-refractivity contribution >= 4 is 22.4 Å². The summed E-state index contributed by atoms with van der Waals surface area (Å²) < 4.78 is 0. The van der Waals surface area contributed by atoms with E-state index < -0.39 is 0 Å². The highest BCUT2D eigenvalue weighted by Gasteiger charge is 2.08. The molecule has 1 aromatic rings. The summed E-state index contributed by atoms with van der Waals surface area (Å²) in [6.45, 7) is 6.46. The maximum atomic E-state index is 11.6. The molecule has 0 radical (unpaired) electrons. The fourth-order valence-corrected chi connectivity index (χ4v) is 2.60. The molecule has 0 spiro atoms. The quantitative estimate of drug-likeness (QED) is 0.733. The molecule has 1 N–H and O–H groups in total. The Balaban J connectivity index is 2.28. The van der Waals surface area contributed by atoms with Crippen molar-refractivity contribution in [1.82, 2.24) is 10.2 Å². The zero-order chi connectivity index (χ0) is 13.4. The highest BCUT2D eigenvalue weighted by Crippen LogP contribution is 2.18. The lowest BCUT2D eigenvalue weighted by Gasteiger charge is -2.00. The summed E-state index contributed by atoms with van der Waals surface area (Å²) >= 11 is 1.48. The molecule has 0 aliphatic heterocycles. The molecule has 1 aromatic heterocycles. The van der Waals surface area contributed by atoms with Crippen LogP contribution in [0.15, 0.2) is 0 Å². The molecule has 5 heteroatoms. The van der Waals surface area contributed by atoms with Crippen LogP contribution in [0.1, 0.15) is 57.9 Å². The van der Waals surface area contributed by atoms with E-state index in [2.05, 4.69) is 36.3 Å². The van der Waals surface area contributed by atoms with Gasteiger partial charge < -0.3 is 5.32 Å². The van der Waals surface area contributed by atoms with Gasteiger partial charge in [-0.05, 0) is 12.3 Å². The Hall–Kier alpha value is -0.970. The average Bonchev–Trinajstić information content (AvgIpc) is 2.71. The second kappa shape index (κ2) is 8.19. The van der Waals surface area contributed by atoms with Gasteiger partial charge >= 0.3 is 0 Å². The molecular formula is C13H23N3OS. The first-order valence-electron chi connectivity index (χ1n) is 6.74. The summed E-state index contributed by atoms with van der Waals surface area (Å²) in [5.74, 6) is 0.619. The van der Waals surface area contributed by atoms with E-state index in [1.54, 1.807) is 0 Å². The molecule has 0 bridgehead atoms. The van der Waals surface area contributed by atoms with Crippen molar-refractivity contribution in [3.05, 3.63) is 5.01 Å². The number of nitrogens with one attached hydrogen (secondary N) is 1. The molecule has 1 amide bonds. The van der Waals surface area contributed by atoms with Crippen LogP contribution in [0.2, 0.25) is 0 Å². The normalized spacial score (nSPS) is 10.9. The summed E-state index contributed by atoms with van der Waals surface area (Å²) in [6.07, 6.45) is 5.97. The lowest BCUT2D eigenvalue weighted by atomic mass is 10.1. The number of hydrogen-bond acceptors (Lipinski definition) is 4. The fraction of sp³-hybridized carbons (Fsp3) is 0.769. The fourth-order valence-electron chi connectivity index (χ4n) is 1.63. The van der Waals surface area contributed by atoms with Crippen molar-refractivity contribution in [2.75, 3.05) is 5.32 Å². The topological polar surface area (TPSA) is 54.9 Å². The van der Waals surface area contributed by atoms with Gasteiger partial charge in [-0.15, -0.1) is 10.2 Å². The highest BCUT2D eigenvalue weighted by atomic mass is 32.1. The van der Waals surface area contributed by atoms with E-state index in [4.69, 9.17) is 0 Å². The van der Waals surface area contributed by atoms with Crippen LogP contribution in [0.3, 0.4) is 0 Å². The lowest BCUT2D eigenvalue weighted by molar-refractivity contribution is -0.116. The number of nitrogens with zero attached hydrogens (tertiary/aromatic N) is 2. The molecule has 1 rings (SSSR count). The Kier molecular flexibility index (Phi) is 6.86. The Morgan fingerprint density at radius 1 is 1.28 bits per heavy atom. The standard InChI is InChI=1S/C13H23N3OS/c1-4-5-6-7-8-11(17)14-13-16-15-12(18-13)9-10(2)3/h10H,4-9H2,1-3H3,(H,14,16,17). The predicted molar refractivity (Wildman–Crippen MR) is 75.8 cm³/mol. The van der Waals surface area contributed by atoms with Crippen molar-refractivity contribution in [2.24, 2.45) is 5.92 Å². The SMILES string of the molecule is CCCCCCC(=O)Nc1nnc(CC(C)C)s1. The molecule has 0 aromatic carbocycles. The largest absolute Gasteiger partial charge is 0.301 e.